The van der Waals surface area contributed by atoms with Crippen LogP contribution in [0.1, 0.15) is 5.56 Å². The normalized spacial score (nSPS) is 18.4. The van der Waals surface area contributed by atoms with Gasteiger partial charge in [-0.1, -0.05) is 0 Å². The molecule has 0 saturated heterocycles. The fourth-order valence-electron chi connectivity index (χ4n) is 1.22. The average molecular weight is 202 g/mol. The highest BCUT2D eigenvalue weighted by Crippen LogP contribution is 2.38. The zero-order valence-electron chi connectivity index (χ0n) is 7.09. The Labute approximate surface area is 78.4 Å². The molecular weight excluding hydrogens is 194 g/mol. The monoisotopic (exact) mass is 202 g/mol. The van der Waals surface area contributed by atoms with Crippen LogP contribution in [-0.4, -0.2) is 6.29 Å². The summed E-state index contributed by atoms with van der Waals surface area (Å²) in [5.74, 6) is 0.00736. The van der Waals surface area contributed by atoms with E-state index in [-0.39, 0.29) is 18.0 Å². The van der Waals surface area contributed by atoms with Crippen molar-refractivity contribution in [3.63, 3.8) is 0 Å². The molecule has 0 saturated carbocycles. The lowest BCUT2D eigenvalue weighted by atomic mass is 10.1. The summed E-state index contributed by atoms with van der Waals surface area (Å²) in [6, 6.07) is 2.76. The molecule has 0 aromatic heterocycles. The van der Waals surface area contributed by atoms with Gasteiger partial charge < -0.3 is 16.2 Å². The molecule has 0 bridgehead atoms. The van der Waals surface area contributed by atoms with Crippen molar-refractivity contribution < 1.29 is 18.3 Å². The molecule has 0 radical (unpaired) electrons. The van der Waals surface area contributed by atoms with Crippen LogP contribution in [0.25, 0.3) is 0 Å². The van der Waals surface area contributed by atoms with Crippen LogP contribution in [0, 0.1) is 0 Å². The number of hydrogen-bond donors (Lipinski definition) is 2. The Morgan fingerprint density at radius 3 is 2.71 bits per heavy atom. The predicted octanol–water partition coefficient (Wildman–Crippen LogP) is 1.31. The van der Waals surface area contributed by atoms with Gasteiger partial charge in [-0.25, -0.2) is 0 Å². The summed E-state index contributed by atoms with van der Waals surface area (Å²) in [5, 5.41) is 0. The lowest BCUT2D eigenvalue weighted by Crippen LogP contribution is -2.32. The molecule has 2 rings (SSSR count). The van der Waals surface area contributed by atoms with Crippen LogP contribution in [0.4, 0.5) is 20.2 Å². The molecule has 76 valence electrons. The lowest BCUT2D eigenvalue weighted by molar-refractivity contribution is -0.367. The first-order valence-corrected chi connectivity index (χ1v) is 3.87. The molecular formula is C8H8F2N2O2. The fraction of sp³-hybridized carbons (Fsp3) is 0.250. The van der Waals surface area contributed by atoms with E-state index in [4.69, 9.17) is 11.5 Å². The molecule has 14 heavy (non-hydrogen) atoms. The minimum atomic E-state index is -3.59. The van der Waals surface area contributed by atoms with E-state index < -0.39 is 6.29 Å². The van der Waals surface area contributed by atoms with Crippen LogP contribution in [0.15, 0.2) is 12.1 Å². The van der Waals surface area contributed by atoms with Crippen molar-refractivity contribution in [2.75, 3.05) is 11.5 Å². The lowest BCUT2D eigenvalue weighted by Gasteiger charge is -2.25. The second kappa shape index (κ2) is 2.71. The van der Waals surface area contributed by atoms with E-state index >= 15 is 0 Å². The molecule has 4 N–H and O–H groups in total. The van der Waals surface area contributed by atoms with E-state index in [1.807, 2.05) is 0 Å². The summed E-state index contributed by atoms with van der Waals surface area (Å²) < 4.78 is 33.6. The predicted molar refractivity (Wildman–Crippen MR) is 45.6 cm³/mol. The number of benzene rings is 1. The zero-order chi connectivity index (χ0) is 10.3. The molecule has 0 atom stereocenters. The number of ether oxygens (including phenoxy) is 2. The SMILES string of the molecule is Nc1ccc2c(c1N)COC(F)(F)O2. The molecule has 0 amide bonds. The van der Waals surface area contributed by atoms with E-state index in [2.05, 4.69) is 9.47 Å². The molecule has 0 unspecified atom stereocenters. The molecule has 4 nitrogen and oxygen atoms in total. The van der Waals surface area contributed by atoms with Crippen molar-refractivity contribution in [2.24, 2.45) is 0 Å². The van der Waals surface area contributed by atoms with Crippen molar-refractivity contribution in [3.05, 3.63) is 17.7 Å². The van der Waals surface area contributed by atoms with Crippen LogP contribution in [-0.2, 0) is 11.3 Å². The van der Waals surface area contributed by atoms with Crippen molar-refractivity contribution in [1.82, 2.24) is 0 Å². The Morgan fingerprint density at radius 2 is 2.00 bits per heavy atom. The number of nitrogen functional groups attached to an aromatic ring is 2. The summed E-state index contributed by atoms with van der Waals surface area (Å²) in [7, 11) is 0. The van der Waals surface area contributed by atoms with Crippen LogP contribution in [0.2, 0.25) is 0 Å². The summed E-state index contributed by atoms with van der Waals surface area (Å²) in [6.07, 6.45) is -3.59. The molecule has 0 aliphatic carbocycles. The van der Waals surface area contributed by atoms with Crippen LogP contribution in [0.3, 0.4) is 0 Å². The van der Waals surface area contributed by atoms with E-state index in [1.54, 1.807) is 0 Å². The number of nitrogens with two attached hydrogens (primary N) is 2. The first kappa shape index (κ1) is 9.01. The summed E-state index contributed by atoms with van der Waals surface area (Å²) in [5.41, 5.74) is 11.9. The fourth-order valence-corrected chi connectivity index (χ4v) is 1.22. The standard InChI is InChI=1S/C8H8F2N2O2/c9-8(10)13-3-4-6(14-8)2-1-5(11)7(4)12/h1-2H,3,11-12H2. The van der Waals surface area contributed by atoms with Crippen molar-refractivity contribution >= 4 is 11.4 Å². The van der Waals surface area contributed by atoms with Gasteiger partial charge >= 0.3 is 6.29 Å². The summed E-state index contributed by atoms with van der Waals surface area (Å²) >= 11 is 0. The van der Waals surface area contributed by atoms with Gasteiger partial charge in [0.25, 0.3) is 0 Å². The van der Waals surface area contributed by atoms with Crippen molar-refractivity contribution in [1.29, 1.82) is 0 Å². The largest absolute Gasteiger partial charge is 0.535 e. The Balaban J connectivity index is 2.46. The first-order valence-electron chi connectivity index (χ1n) is 3.87. The average Bonchev–Trinajstić information content (AvgIpc) is 2.10. The molecule has 6 heteroatoms. The second-order valence-corrected chi connectivity index (χ2v) is 2.90. The van der Waals surface area contributed by atoms with Crippen LogP contribution < -0.4 is 16.2 Å². The Hall–Kier alpha value is -1.56. The minimum Gasteiger partial charge on any atom is -0.409 e. The van der Waals surface area contributed by atoms with Crippen LogP contribution >= 0.6 is 0 Å². The zero-order valence-corrected chi connectivity index (χ0v) is 7.09. The molecule has 1 aromatic carbocycles. The van der Waals surface area contributed by atoms with Crippen molar-refractivity contribution in [2.45, 2.75) is 12.9 Å². The Bertz CT molecular complexity index is 382. The van der Waals surface area contributed by atoms with E-state index in [1.165, 1.54) is 12.1 Å². The van der Waals surface area contributed by atoms with Gasteiger partial charge in [-0.15, -0.1) is 8.78 Å². The smallest absolute Gasteiger partial charge is 0.409 e. The molecule has 1 aromatic rings. The van der Waals surface area contributed by atoms with Crippen LogP contribution in [0.5, 0.6) is 5.75 Å². The topological polar surface area (TPSA) is 70.5 Å². The van der Waals surface area contributed by atoms with E-state index in [9.17, 15) is 8.78 Å². The highest BCUT2D eigenvalue weighted by molar-refractivity contribution is 5.71. The molecule has 0 fully saturated rings. The number of fused-ring (bicyclic) bond motifs is 1. The summed E-state index contributed by atoms with van der Waals surface area (Å²) in [4.78, 5) is 0. The number of halogens is 2. The van der Waals surface area contributed by atoms with Gasteiger partial charge in [-0.2, -0.15) is 0 Å². The van der Waals surface area contributed by atoms with Gasteiger partial charge in [0.2, 0.25) is 0 Å². The van der Waals surface area contributed by atoms with E-state index in [0.29, 0.717) is 11.3 Å². The molecule has 0 spiro atoms. The third-order valence-electron chi connectivity index (χ3n) is 1.96. The maximum absolute atomic E-state index is 12.6. The van der Waals surface area contributed by atoms with Gasteiger partial charge in [0, 0.05) is 5.56 Å². The number of rotatable bonds is 0. The van der Waals surface area contributed by atoms with Crippen molar-refractivity contribution in [3.8, 4) is 5.75 Å². The molecule has 1 heterocycles. The van der Waals surface area contributed by atoms with Gasteiger partial charge in [-0.3, -0.25) is 4.74 Å². The number of hydrogen-bond acceptors (Lipinski definition) is 4. The first-order chi connectivity index (χ1) is 6.49. The third-order valence-corrected chi connectivity index (χ3v) is 1.96. The second-order valence-electron chi connectivity index (χ2n) is 2.90. The quantitative estimate of drug-likeness (QED) is 0.622. The van der Waals surface area contributed by atoms with Gasteiger partial charge in [-0.05, 0) is 12.1 Å². The maximum Gasteiger partial charge on any atom is 0.535 e. The number of alkyl halides is 2. The Kier molecular flexibility index (Phi) is 1.75. The molecule has 1 aliphatic heterocycles. The third kappa shape index (κ3) is 1.33. The Morgan fingerprint density at radius 1 is 1.29 bits per heavy atom. The summed E-state index contributed by atoms with van der Waals surface area (Å²) in [6.45, 7) is -0.306. The minimum absolute atomic E-state index is 0.00736. The highest BCUT2D eigenvalue weighted by atomic mass is 19.3. The van der Waals surface area contributed by atoms with Gasteiger partial charge in [0.15, 0.2) is 0 Å². The van der Waals surface area contributed by atoms with E-state index in [0.717, 1.165) is 0 Å². The van der Waals surface area contributed by atoms with Gasteiger partial charge in [0.05, 0.1) is 18.0 Å². The van der Waals surface area contributed by atoms with Gasteiger partial charge in [0.1, 0.15) is 5.75 Å². The maximum atomic E-state index is 12.6. The highest BCUT2D eigenvalue weighted by Gasteiger charge is 2.39. The molecule has 1 aliphatic rings. The number of anilines is 2.